The number of aromatic amines is 1. The van der Waals surface area contributed by atoms with Crippen LogP contribution < -0.4 is 5.32 Å². The summed E-state index contributed by atoms with van der Waals surface area (Å²) in [6.45, 7) is 1.95. The number of halogens is 1. The van der Waals surface area contributed by atoms with Crippen molar-refractivity contribution >= 4 is 28.9 Å². The fraction of sp³-hybridized carbons (Fsp3) is 0.0952. The molecule has 30 heavy (non-hydrogen) atoms. The van der Waals surface area contributed by atoms with Gasteiger partial charge in [0.1, 0.15) is 11.6 Å². The number of nitrogens with zero attached hydrogens (tertiary/aromatic N) is 6. The summed E-state index contributed by atoms with van der Waals surface area (Å²) in [5.74, 6) is 2.22. The third-order valence-electron chi connectivity index (χ3n) is 4.70. The van der Waals surface area contributed by atoms with Crippen LogP contribution in [0, 0.1) is 6.92 Å². The molecule has 5 aromatic rings. The predicted molar refractivity (Wildman–Crippen MR) is 115 cm³/mol. The van der Waals surface area contributed by atoms with Gasteiger partial charge in [-0.05, 0) is 54.4 Å². The molecule has 0 saturated heterocycles. The SMILES string of the molecule is Cc1cc(Nc2cc(-c3ccn4c(Cc5ncccc5Cl)nnc4c3)ccn2)n[nH]1. The highest BCUT2D eigenvalue weighted by Gasteiger charge is 2.11. The van der Waals surface area contributed by atoms with Crippen LogP contribution in [0.5, 0.6) is 0 Å². The van der Waals surface area contributed by atoms with Gasteiger partial charge in [0.25, 0.3) is 0 Å². The molecular formula is C21H17ClN8. The summed E-state index contributed by atoms with van der Waals surface area (Å²) in [5, 5.41) is 19.6. The minimum absolute atomic E-state index is 0.507. The second-order valence-electron chi connectivity index (χ2n) is 6.86. The highest BCUT2D eigenvalue weighted by molar-refractivity contribution is 6.31. The Kier molecular flexibility index (Phi) is 4.61. The minimum atomic E-state index is 0.507. The molecule has 0 unspecified atom stereocenters. The van der Waals surface area contributed by atoms with Crippen molar-refractivity contribution in [2.75, 3.05) is 5.32 Å². The van der Waals surface area contributed by atoms with Crippen LogP contribution in [0.25, 0.3) is 16.8 Å². The van der Waals surface area contributed by atoms with Crippen LogP contribution in [-0.2, 0) is 6.42 Å². The number of nitrogens with one attached hydrogen (secondary N) is 2. The molecular weight excluding hydrogens is 400 g/mol. The summed E-state index contributed by atoms with van der Waals surface area (Å²) in [6, 6.07) is 13.5. The van der Waals surface area contributed by atoms with Crippen LogP contribution in [0.3, 0.4) is 0 Å². The lowest BCUT2D eigenvalue weighted by Gasteiger charge is -2.07. The average molecular weight is 417 g/mol. The van der Waals surface area contributed by atoms with Gasteiger partial charge in [-0.2, -0.15) is 5.10 Å². The predicted octanol–water partition coefficient (Wildman–Crippen LogP) is 4.21. The summed E-state index contributed by atoms with van der Waals surface area (Å²) in [4.78, 5) is 8.71. The maximum absolute atomic E-state index is 6.23. The molecule has 0 atom stereocenters. The third-order valence-corrected chi connectivity index (χ3v) is 5.04. The first-order chi connectivity index (χ1) is 14.7. The Hall–Kier alpha value is -3.78. The molecule has 0 spiro atoms. The molecule has 2 N–H and O–H groups in total. The number of rotatable bonds is 5. The molecule has 148 valence electrons. The first-order valence-electron chi connectivity index (χ1n) is 9.34. The van der Waals surface area contributed by atoms with Gasteiger partial charge in [-0.25, -0.2) is 4.98 Å². The van der Waals surface area contributed by atoms with Gasteiger partial charge < -0.3 is 5.32 Å². The molecule has 5 aromatic heterocycles. The number of fused-ring (bicyclic) bond motifs is 1. The van der Waals surface area contributed by atoms with Gasteiger partial charge >= 0.3 is 0 Å². The van der Waals surface area contributed by atoms with Gasteiger partial charge in [0.05, 0.1) is 17.1 Å². The van der Waals surface area contributed by atoms with Crippen LogP contribution in [0.2, 0.25) is 5.02 Å². The summed E-state index contributed by atoms with van der Waals surface area (Å²) < 4.78 is 1.95. The third kappa shape index (κ3) is 3.60. The second-order valence-corrected chi connectivity index (χ2v) is 7.27. The molecule has 0 amide bonds. The smallest absolute Gasteiger partial charge is 0.161 e. The lowest BCUT2D eigenvalue weighted by molar-refractivity contribution is 0.909. The van der Waals surface area contributed by atoms with Crippen molar-refractivity contribution in [1.29, 1.82) is 0 Å². The quantitative estimate of drug-likeness (QED) is 0.445. The van der Waals surface area contributed by atoms with Gasteiger partial charge in [0, 0.05) is 30.4 Å². The fourth-order valence-electron chi connectivity index (χ4n) is 3.23. The lowest BCUT2D eigenvalue weighted by atomic mass is 10.1. The van der Waals surface area contributed by atoms with E-state index in [0.29, 0.717) is 17.3 Å². The number of aromatic nitrogens is 7. The molecule has 5 heterocycles. The Morgan fingerprint density at radius 1 is 1.00 bits per heavy atom. The van der Waals surface area contributed by atoms with E-state index in [9.17, 15) is 0 Å². The number of pyridine rings is 3. The molecule has 0 aromatic carbocycles. The molecule has 9 heteroatoms. The normalized spacial score (nSPS) is 11.1. The van der Waals surface area contributed by atoms with Crippen molar-refractivity contribution in [2.45, 2.75) is 13.3 Å². The van der Waals surface area contributed by atoms with Crippen molar-refractivity contribution in [3.63, 3.8) is 0 Å². The number of anilines is 2. The van der Waals surface area contributed by atoms with Crippen LogP contribution in [0.4, 0.5) is 11.6 Å². The van der Waals surface area contributed by atoms with E-state index in [2.05, 4.69) is 35.7 Å². The zero-order valence-corrected chi connectivity index (χ0v) is 16.8. The van der Waals surface area contributed by atoms with Crippen LogP contribution in [0.1, 0.15) is 17.2 Å². The Balaban J connectivity index is 1.43. The van der Waals surface area contributed by atoms with Crippen molar-refractivity contribution in [1.82, 2.24) is 34.8 Å². The monoisotopic (exact) mass is 416 g/mol. The van der Waals surface area contributed by atoms with Gasteiger partial charge in [-0.3, -0.25) is 14.5 Å². The average Bonchev–Trinajstić information content (AvgIpc) is 3.35. The van der Waals surface area contributed by atoms with E-state index in [1.165, 1.54) is 0 Å². The maximum atomic E-state index is 6.23. The molecule has 0 aliphatic rings. The fourth-order valence-corrected chi connectivity index (χ4v) is 3.42. The molecule has 0 aliphatic heterocycles. The van der Waals surface area contributed by atoms with Crippen LogP contribution in [-0.4, -0.2) is 34.8 Å². The minimum Gasteiger partial charge on any atom is -0.323 e. The maximum Gasteiger partial charge on any atom is 0.161 e. The van der Waals surface area contributed by atoms with E-state index in [4.69, 9.17) is 11.6 Å². The van der Waals surface area contributed by atoms with Gasteiger partial charge in [-0.15, -0.1) is 10.2 Å². The molecule has 0 aliphatic carbocycles. The standard InChI is InChI=1S/C21H17ClN8/c1-13-9-19(27-26-13)25-18-10-14(4-7-24-18)15-5-8-30-20(11-15)28-29-21(30)12-17-16(22)3-2-6-23-17/h2-11H,12H2,1H3,(H2,24,25,26,27). The topological polar surface area (TPSA) is 96.7 Å². The Morgan fingerprint density at radius 3 is 2.73 bits per heavy atom. The van der Waals surface area contributed by atoms with Crippen molar-refractivity contribution in [3.05, 3.63) is 83.3 Å². The van der Waals surface area contributed by atoms with E-state index in [1.54, 1.807) is 12.4 Å². The molecule has 0 radical (unpaired) electrons. The van der Waals surface area contributed by atoms with E-state index >= 15 is 0 Å². The summed E-state index contributed by atoms with van der Waals surface area (Å²) in [5.41, 5.74) is 4.54. The van der Waals surface area contributed by atoms with Gasteiger partial charge in [-0.1, -0.05) is 11.6 Å². The number of H-pyrrole nitrogens is 1. The van der Waals surface area contributed by atoms with Crippen molar-refractivity contribution < 1.29 is 0 Å². The van der Waals surface area contributed by atoms with E-state index < -0.39 is 0 Å². The van der Waals surface area contributed by atoms with E-state index in [-0.39, 0.29) is 0 Å². The Labute approximate surface area is 177 Å². The highest BCUT2D eigenvalue weighted by atomic mass is 35.5. The summed E-state index contributed by atoms with van der Waals surface area (Å²) >= 11 is 6.23. The first kappa shape index (κ1) is 18.3. The van der Waals surface area contributed by atoms with Gasteiger partial charge in [0.2, 0.25) is 0 Å². The zero-order valence-electron chi connectivity index (χ0n) is 16.0. The van der Waals surface area contributed by atoms with Gasteiger partial charge in [0.15, 0.2) is 11.5 Å². The lowest BCUT2D eigenvalue weighted by Crippen LogP contribution is -1.99. The number of aryl methyl sites for hydroxylation is 1. The number of hydrogen-bond donors (Lipinski definition) is 2. The Bertz CT molecular complexity index is 1340. The van der Waals surface area contributed by atoms with Crippen LogP contribution in [0.15, 0.2) is 61.1 Å². The Morgan fingerprint density at radius 2 is 1.90 bits per heavy atom. The largest absolute Gasteiger partial charge is 0.323 e. The van der Waals surface area contributed by atoms with E-state index in [1.807, 2.05) is 60.0 Å². The first-order valence-corrected chi connectivity index (χ1v) is 9.72. The molecule has 8 nitrogen and oxygen atoms in total. The molecule has 5 rings (SSSR count). The summed E-state index contributed by atoms with van der Waals surface area (Å²) in [6.07, 6.45) is 5.95. The molecule has 0 fully saturated rings. The van der Waals surface area contributed by atoms with Crippen LogP contribution >= 0.6 is 11.6 Å². The van der Waals surface area contributed by atoms with Crippen molar-refractivity contribution in [2.24, 2.45) is 0 Å². The van der Waals surface area contributed by atoms with Crippen molar-refractivity contribution in [3.8, 4) is 11.1 Å². The highest BCUT2D eigenvalue weighted by Crippen LogP contribution is 2.24. The zero-order chi connectivity index (χ0) is 20.5. The number of hydrogen-bond acceptors (Lipinski definition) is 6. The van der Waals surface area contributed by atoms with E-state index in [0.717, 1.165) is 39.8 Å². The molecule has 0 bridgehead atoms. The second kappa shape index (κ2) is 7.57. The summed E-state index contributed by atoms with van der Waals surface area (Å²) in [7, 11) is 0. The molecule has 0 saturated carbocycles.